The lowest BCUT2D eigenvalue weighted by Gasteiger charge is -2.32. The number of hydrogen-bond donors (Lipinski definition) is 0. The Kier molecular flexibility index (Phi) is 3.55. The second-order valence-electron chi connectivity index (χ2n) is 5.33. The summed E-state index contributed by atoms with van der Waals surface area (Å²) in [5, 5.41) is 0. The van der Waals surface area contributed by atoms with Crippen LogP contribution in [0, 0.1) is 0 Å². The number of aryl methyl sites for hydroxylation is 1. The number of aromatic nitrogens is 2. The molecule has 0 radical (unpaired) electrons. The third-order valence-electron chi connectivity index (χ3n) is 3.95. The summed E-state index contributed by atoms with van der Waals surface area (Å²) in [6.07, 6.45) is 3.31. The van der Waals surface area contributed by atoms with Gasteiger partial charge in [-0.15, -0.1) is 0 Å². The number of nitrogens with zero attached hydrogens (tertiary/aromatic N) is 4. The van der Waals surface area contributed by atoms with Crippen LogP contribution in [-0.2, 0) is 12.8 Å². The molecule has 0 aromatic carbocycles. The predicted octanol–water partition coefficient (Wildman–Crippen LogP) is 1.12. The number of hydrogen-bond acceptors (Lipinski definition) is 5. The van der Waals surface area contributed by atoms with Crippen molar-refractivity contribution in [2.24, 2.45) is 0 Å². The molecule has 1 aromatic rings. The van der Waals surface area contributed by atoms with Crippen molar-refractivity contribution in [3.8, 4) is 5.88 Å². The van der Waals surface area contributed by atoms with Crippen LogP contribution in [0.3, 0.4) is 0 Å². The second kappa shape index (κ2) is 5.33. The van der Waals surface area contributed by atoms with E-state index in [0.717, 1.165) is 50.8 Å². The molecule has 1 aliphatic heterocycles. The fourth-order valence-electron chi connectivity index (χ4n) is 2.79. The first-order chi connectivity index (χ1) is 9.28. The highest BCUT2D eigenvalue weighted by Crippen LogP contribution is 2.30. The average molecular weight is 262 g/mol. The molecule has 0 bridgehead atoms. The van der Waals surface area contributed by atoms with Crippen molar-refractivity contribution in [2.75, 3.05) is 44.7 Å². The van der Waals surface area contributed by atoms with Crippen LogP contribution in [0.2, 0.25) is 0 Å². The molecule has 5 nitrogen and oxygen atoms in total. The van der Waals surface area contributed by atoms with Crippen LogP contribution in [0.15, 0.2) is 0 Å². The normalized spacial score (nSPS) is 19.6. The van der Waals surface area contributed by atoms with E-state index in [1.807, 2.05) is 6.92 Å². The Morgan fingerprint density at radius 1 is 1.11 bits per heavy atom. The summed E-state index contributed by atoms with van der Waals surface area (Å²) in [5.41, 5.74) is 2.44. The lowest BCUT2D eigenvalue weighted by Crippen LogP contribution is -2.45. The lowest BCUT2D eigenvalue weighted by atomic mass is 10.2. The Balaban J connectivity index is 1.87. The van der Waals surface area contributed by atoms with Crippen LogP contribution >= 0.6 is 0 Å². The Hall–Kier alpha value is -1.36. The zero-order chi connectivity index (χ0) is 13.2. The highest BCUT2D eigenvalue weighted by molar-refractivity contribution is 5.42. The van der Waals surface area contributed by atoms with Gasteiger partial charge in [-0.25, -0.2) is 4.98 Å². The standard InChI is InChI=1S/C14H22N4O/c1-3-19-13-11-5-4-6-12(11)15-14(16-13)18-9-7-17(2)8-10-18/h3-10H2,1-2H3. The fraction of sp³-hybridized carbons (Fsp3) is 0.714. The lowest BCUT2D eigenvalue weighted by molar-refractivity contribution is 0.307. The number of anilines is 1. The van der Waals surface area contributed by atoms with Crippen LogP contribution in [0.5, 0.6) is 5.88 Å². The van der Waals surface area contributed by atoms with E-state index in [1.54, 1.807) is 0 Å². The van der Waals surface area contributed by atoms with Crippen molar-refractivity contribution in [1.82, 2.24) is 14.9 Å². The first kappa shape index (κ1) is 12.7. The van der Waals surface area contributed by atoms with Gasteiger partial charge in [0.1, 0.15) is 0 Å². The van der Waals surface area contributed by atoms with Crippen molar-refractivity contribution in [3.05, 3.63) is 11.3 Å². The van der Waals surface area contributed by atoms with Gasteiger partial charge in [0.15, 0.2) is 0 Å². The zero-order valence-electron chi connectivity index (χ0n) is 11.9. The molecule has 1 saturated heterocycles. The van der Waals surface area contributed by atoms with Crippen LogP contribution in [-0.4, -0.2) is 54.7 Å². The van der Waals surface area contributed by atoms with Crippen LogP contribution in [0.1, 0.15) is 24.6 Å². The molecule has 104 valence electrons. The summed E-state index contributed by atoms with van der Waals surface area (Å²) in [6.45, 7) is 6.83. The number of piperazine rings is 1. The van der Waals surface area contributed by atoms with E-state index in [9.17, 15) is 0 Å². The van der Waals surface area contributed by atoms with Crippen LogP contribution in [0.4, 0.5) is 5.95 Å². The van der Waals surface area contributed by atoms with E-state index in [4.69, 9.17) is 9.72 Å². The van der Waals surface area contributed by atoms with E-state index in [0.29, 0.717) is 6.61 Å². The largest absolute Gasteiger partial charge is 0.478 e. The zero-order valence-corrected chi connectivity index (χ0v) is 11.9. The quantitative estimate of drug-likeness (QED) is 0.816. The maximum atomic E-state index is 5.71. The molecule has 0 atom stereocenters. The molecule has 5 heteroatoms. The Morgan fingerprint density at radius 2 is 1.89 bits per heavy atom. The van der Waals surface area contributed by atoms with Gasteiger partial charge in [-0.3, -0.25) is 0 Å². The van der Waals surface area contributed by atoms with E-state index >= 15 is 0 Å². The molecule has 3 rings (SSSR count). The molecule has 0 saturated carbocycles. The minimum absolute atomic E-state index is 0.672. The molecule has 1 aliphatic carbocycles. The van der Waals surface area contributed by atoms with Crippen molar-refractivity contribution >= 4 is 5.95 Å². The molecule has 2 heterocycles. The summed E-state index contributed by atoms with van der Waals surface area (Å²) in [5.74, 6) is 1.68. The van der Waals surface area contributed by atoms with Gasteiger partial charge < -0.3 is 14.5 Å². The van der Waals surface area contributed by atoms with Gasteiger partial charge in [0.2, 0.25) is 11.8 Å². The molecule has 0 unspecified atom stereocenters. The summed E-state index contributed by atoms with van der Waals surface area (Å²) < 4.78 is 5.71. The maximum absolute atomic E-state index is 5.71. The Bertz CT molecular complexity index is 455. The highest BCUT2D eigenvalue weighted by Gasteiger charge is 2.23. The third kappa shape index (κ3) is 2.52. The topological polar surface area (TPSA) is 41.5 Å². The number of fused-ring (bicyclic) bond motifs is 1. The minimum Gasteiger partial charge on any atom is -0.478 e. The van der Waals surface area contributed by atoms with Crippen molar-refractivity contribution in [1.29, 1.82) is 0 Å². The number of likely N-dealkylation sites (N-methyl/N-ethyl adjacent to an activating group) is 1. The van der Waals surface area contributed by atoms with E-state index in [-0.39, 0.29) is 0 Å². The molecule has 1 fully saturated rings. The van der Waals surface area contributed by atoms with Gasteiger partial charge in [0.25, 0.3) is 0 Å². The predicted molar refractivity (Wildman–Crippen MR) is 74.9 cm³/mol. The van der Waals surface area contributed by atoms with Gasteiger partial charge in [-0.05, 0) is 33.2 Å². The maximum Gasteiger partial charge on any atom is 0.228 e. The summed E-state index contributed by atoms with van der Waals surface area (Å²) in [6, 6.07) is 0. The fourth-order valence-corrected chi connectivity index (χ4v) is 2.79. The second-order valence-corrected chi connectivity index (χ2v) is 5.33. The van der Waals surface area contributed by atoms with Crippen LogP contribution < -0.4 is 9.64 Å². The molecule has 0 spiro atoms. The van der Waals surface area contributed by atoms with Crippen molar-refractivity contribution in [3.63, 3.8) is 0 Å². The molecule has 0 N–H and O–H groups in total. The monoisotopic (exact) mass is 262 g/mol. The van der Waals surface area contributed by atoms with Gasteiger partial charge in [0, 0.05) is 31.7 Å². The molecule has 2 aliphatic rings. The minimum atomic E-state index is 0.672. The van der Waals surface area contributed by atoms with Gasteiger partial charge >= 0.3 is 0 Å². The van der Waals surface area contributed by atoms with E-state index in [2.05, 4.69) is 21.8 Å². The summed E-state index contributed by atoms with van der Waals surface area (Å²) in [7, 11) is 2.16. The van der Waals surface area contributed by atoms with Gasteiger partial charge in [-0.2, -0.15) is 4.98 Å². The third-order valence-corrected chi connectivity index (χ3v) is 3.95. The molecule has 0 amide bonds. The molecular weight excluding hydrogens is 240 g/mol. The van der Waals surface area contributed by atoms with Crippen LogP contribution in [0.25, 0.3) is 0 Å². The first-order valence-electron chi connectivity index (χ1n) is 7.24. The first-order valence-corrected chi connectivity index (χ1v) is 7.24. The number of ether oxygens (including phenoxy) is 1. The van der Waals surface area contributed by atoms with Gasteiger partial charge in [0.05, 0.1) is 12.3 Å². The molecule has 19 heavy (non-hydrogen) atoms. The van der Waals surface area contributed by atoms with Gasteiger partial charge in [-0.1, -0.05) is 0 Å². The molecular formula is C14H22N4O. The molecule has 1 aromatic heterocycles. The summed E-state index contributed by atoms with van der Waals surface area (Å²) >= 11 is 0. The van der Waals surface area contributed by atoms with Crippen molar-refractivity contribution in [2.45, 2.75) is 26.2 Å². The number of rotatable bonds is 3. The van der Waals surface area contributed by atoms with E-state index < -0.39 is 0 Å². The Morgan fingerprint density at radius 3 is 2.63 bits per heavy atom. The average Bonchev–Trinajstić information content (AvgIpc) is 2.88. The summed E-state index contributed by atoms with van der Waals surface area (Å²) in [4.78, 5) is 14.0. The van der Waals surface area contributed by atoms with E-state index in [1.165, 1.54) is 17.7 Å². The Labute approximate surface area is 114 Å². The smallest absolute Gasteiger partial charge is 0.228 e. The highest BCUT2D eigenvalue weighted by atomic mass is 16.5. The SMILES string of the molecule is CCOc1nc(N2CCN(C)CC2)nc2c1CCC2. The van der Waals surface area contributed by atoms with Crippen molar-refractivity contribution < 1.29 is 4.74 Å².